The summed E-state index contributed by atoms with van der Waals surface area (Å²) in [5.41, 5.74) is -1.48. The number of nitrogens with one attached hydrogen (secondary N) is 1. The average Bonchev–Trinajstić information content (AvgIpc) is 3.45. The Morgan fingerprint density at radius 3 is 2.50 bits per heavy atom. The molecular weight excluding hydrogens is 412 g/mol. The van der Waals surface area contributed by atoms with Gasteiger partial charge in [-0.2, -0.15) is 0 Å². The smallest absolute Gasteiger partial charge is 0.331 e. The molecule has 0 unspecified atom stereocenters. The summed E-state index contributed by atoms with van der Waals surface area (Å²) in [5, 5.41) is 0.0655. The first-order valence-corrected chi connectivity index (χ1v) is 11.2. The zero-order valence-electron chi connectivity index (χ0n) is 16.9. The van der Waals surface area contributed by atoms with E-state index in [0.717, 1.165) is 17.4 Å². The van der Waals surface area contributed by atoms with Crippen LogP contribution in [0, 0.1) is 0 Å². The number of benzene rings is 1. The van der Waals surface area contributed by atoms with Crippen LogP contribution in [0.4, 0.5) is 0 Å². The number of ether oxygens (including phenoxy) is 1. The first kappa shape index (κ1) is 20.8. The van der Waals surface area contributed by atoms with Gasteiger partial charge in [0, 0.05) is 25.7 Å². The monoisotopic (exact) mass is 436 g/mol. The summed E-state index contributed by atoms with van der Waals surface area (Å²) in [7, 11) is -2.33. The molecule has 2 heterocycles. The minimum atomic E-state index is -3.81. The quantitative estimate of drug-likeness (QED) is 0.668. The van der Waals surface area contributed by atoms with Crippen LogP contribution in [-0.4, -0.2) is 60.2 Å². The predicted octanol–water partition coefficient (Wildman–Crippen LogP) is -0.610. The second-order valence-corrected chi connectivity index (χ2v) is 9.75. The van der Waals surface area contributed by atoms with Gasteiger partial charge in [0.15, 0.2) is 0 Å². The number of carbonyl (C=O) groups is 1. The van der Waals surface area contributed by atoms with E-state index < -0.39 is 33.4 Å². The fraction of sp³-hybridized carbons (Fsp3) is 0.526. The number of nitrogens with zero attached hydrogens (tertiary/aromatic N) is 3. The number of hydrogen-bond donors (Lipinski definition) is 1. The first-order chi connectivity index (χ1) is 14.1. The molecule has 30 heavy (non-hydrogen) atoms. The molecule has 1 N–H and O–H groups in total. The lowest BCUT2D eigenvalue weighted by molar-refractivity contribution is -0.136. The summed E-state index contributed by atoms with van der Waals surface area (Å²) in [6.45, 7) is 3.02. The number of rotatable bonds is 5. The molecule has 1 aliphatic heterocycles. The zero-order chi connectivity index (χ0) is 21.7. The van der Waals surface area contributed by atoms with Crippen molar-refractivity contribution in [2.24, 2.45) is 7.05 Å². The molecule has 1 aromatic heterocycles. The number of aromatic nitrogens is 2. The fourth-order valence-electron chi connectivity index (χ4n) is 3.52. The third-order valence-corrected chi connectivity index (χ3v) is 7.31. The SMILES string of the molecule is Cn1c(=O)n(CC(=O)N2CCOCC2)c(=O)c2cc(S(=O)(=O)NC3(C)CC3)ccc21. The summed E-state index contributed by atoms with van der Waals surface area (Å²) >= 11 is 0. The molecule has 1 aromatic carbocycles. The summed E-state index contributed by atoms with van der Waals surface area (Å²) < 4.78 is 35.4. The van der Waals surface area contributed by atoms with Crippen molar-refractivity contribution in [3.63, 3.8) is 0 Å². The van der Waals surface area contributed by atoms with E-state index in [1.54, 1.807) is 4.90 Å². The summed E-state index contributed by atoms with van der Waals surface area (Å²) in [6, 6.07) is 4.08. The van der Waals surface area contributed by atoms with Gasteiger partial charge in [0.05, 0.1) is 29.0 Å². The lowest BCUT2D eigenvalue weighted by Gasteiger charge is -2.27. The van der Waals surface area contributed by atoms with Crippen LogP contribution in [0.2, 0.25) is 0 Å². The normalized spacial score (nSPS) is 18.5. The van der Waals surface area contributed by atoms with Crippen LogP contribution in [0.3, 0.4) is 0 Å². The molecule has 2 aliphatic rings. The maximum atomic E-state index is 13.0. The van der Waals surface area contributed by atoms with Gasteiger partial charge in [-0.3, -0.25) is 18.7 Å². The maximum Gasteiger partial charge on any atom is 0.331 e. The van der Waals surface area contributed by atoms with Crippen molar-refractivity contribution in [2.45, 2.75) is 36.7 Å². The van der Waals surface area contributed by atoms with Gasteiger partial charge in [-0.1, -0.05) is 0 Å². The molecule has 1 saturated heterocycles. The molecule has 11 heteroatoms. The van der Waals surface area contributed by atoms with Crippen LogP contribution in [-0.2, 0) is 33.1 Å². The van der Waals surface area contributed by atoms with Crippen molar-refractivity contribution in [3.8, 4) is 0 Å². The third kappa shape index (κ3) is 3.80. The molecule has 0 bridgehead atoms. The van der Waals surface area contributed by atoms with E-state index in [-0.39, 0.29) is 16.2 Å². The Labute approximate surface area is 173 Å². The number of morpholine rings is 1. The van der Waals surface area contributed by atoms with Crippen LogP contribution >= 0.6 is 0 Å². The number of fused-ring (bicyclic) bond motifs is 1. The van der Waals surface area contributed by atoms with E-state index in [0.29, 0.717) is 31.8 Å². The Morgan fingerprint density at radius 1 is 1.20 bits per heavy atom. The zero-order valence-corrected chi connectivity index (χ0v) is 17.7. The summed E-state index contributed by atoms with van der Waals surface area (Å²) in [6.07, 6.45) is 1.51. The molecule has 0 radical (unpaired) electrons. The van der Waals surface area contributed by atoms with Crippen molar-refractivity contribution in [1.82, 2.24) is 18.8 Å². The first-order valence-electron chi connectivity index (χ1n) is 9.74. The van der Waals surface area contributed by atoms with Crippen molar-refractivity contribution in [3.05, 3.63) is 39.0 Å². The van der Waals surface area contributed by atoms with Gasteiger partial charge < -0.3 is 9.64 Å². The minimum Gasteiger partial charge on any atom is -0.378 e. The lowest BCUT2D eigenvalue weighted by Crippen LogP contribution is -2.47. The molecule has 2 aromatic rings. The number of aryl methyl sites for hydroxylation is 1. The summed E-state index contributed by atoms with van der Waals surface area (Å²) in [5.74, 6) is -0.357. The van der Waals surface area contributed by atoms with Gasteiger partial charge in [0.1, 0.15) is 6.54 Å². The van der Waals surface area contributed by atoms with Crippen LogP contribution in [0.1, 0.15) is 19.8 Å². The van der Waals surface area contributed by atoms with E-state index >= 15 is 0 Å². The highest BCUT2D eigenvalue weighted by molar-refractivity contribution is 7.89. The lowest BCUT2D eigenvalue weighted by atomic mass is 10.2. The van der Waals surface area contributed by atoms with E-state index in [1.807, 2.05) is 6.92 Å². The van der Waals surface area contributed by atoms with Crippen molar-refractivity contribution in [2.75, 3.05) is 26.3 Å². The van der Waals surface area contributed by atoms with Gasteiger partial charge in [-0.25, -0.2) is 17.9 Å². The van der Waals surface area contributed by atoms with Crippen molar-refractivity contribution < 1.29 is 17.9 Å². The fourth-order valence-corrected chi connectivity index (χ4v) is 5.01. The Bertz CT molecular complexity index is 1240. The second-order valence-electron chi connectivity index (χ2n) is 8.07. The van der Waals surface area contributed by atoms with E-state index in [2.05, 4.69) is 4.72 Å². The molecule has 1 amide bonds. The molecule has 1 aliphatic carbocycles. The van der Waals surface area contributed by atoms with Gasteiger partial charge in [-0.05, 0) is 38.0 Å². The van der Waals surface area contributed by atoms with Crippen LogP contribution in [0.15, 0.2) is 32.7 Å². The minimum absolute atomic E-state index is 0.0510. The highest BCUT2D eigenvalue weighted by atomic mass is 32.2. The van der Waals surface area contributed by atoms with E-state index in [9.17, 15) is 22.8 Å². The number of amides is 1. The highest BCUT2D eigenvalue weighted by Crippen LogP contribution is 2.36. The number of sulfonamides is 1. The molecule has 2 fully saturated rings. The van der Waals surface area contributed by atoms with Crippen LogP contribution in [0.5, 0.6) is 0 Å². The molecule has 162 valence electrons. The average molecular weight is 436 g/mol. The topological polar surface area (TPSA) is 120 Å². The van der Waals surface area contributed by atoms with Gasteiger partial charge >= 0.3 is 5.69 Å². The molecule has 0 atom stereocenters. The van der Waals surface area contributed by atoms with E-state index in [4.69, 9.17) is 4.74 Å². The van der Waals surface area contributed by atoms with Crippen LogP contribution in [0.25, 0.3) is 10.9 Å². The maximum absolute atomic E-state index is 13.0. The summed E-state index contributed by atoms with van der Waals surface area (Å²) in [4.78, 5) is 39.8. The Balaban J connectivity index is 1.75. The van der Waals surface area contributed by atoms with Crippen molar-refractivity contribution >= 4 is 26.8 Å². The van der Waals surface area contributed by atoms with Gasteiger partial charge in [0.2, 0.25) is 15.9 Å². The van der Waals surface area contributed by atoms with Gasteiger partial charge in [-0.15, -0.1) is 0 Å². The Hall–Kier alpha value is -2.50. The van der Waals surface area contributed by atoms with Gasteiger partial charge in [0.25, 0.3) is 5.56 Å². The number of carbonyl (C=O) groups excluding carboxylic acids is 1. The highest BCUT2D eigenvalue weighted by Gasteiger charge is 2.41. The Morgan fingerprint density at radius 2 is 1.87 bits per heavy atom. The van der Waals surface area contributed by atoms with Crippen LogP contribution < -0.4 is 16.0 Å². The molecular formula is C19H24N4O6S. The van der Waals surface area contributed by atoms with Crippen molar-refractivity contribution in [1.29, 1.82) is 0 Å². The standard InChI is InChI=1S/C19H24N4O6S/c1-19(5-6-19)20-30(27,28)13-3-4-15-14(11-13)17(25)23(18(26)21(15)2)12-16(24)22-7-9-29-10-8-22/h3-4,11,20H,5-10,12H2,1-2H3. The largest absolute Gasteiger partial charge is 0.378 e. The molecule has 0 spiro atoms. The van der Waals surface area contributed by atoms with E-state index in [1.165, 1.54) is 29.8 Å². The second kappa shape index (κ2) is 7.33. The third-order valence-electron chi connectivity index (χ3n) is 5.67. The number of hydrogen-bond acceptors (Lipinski definition) is 6. The molecule has 10 nitrogen and oxygen atoms in total. The predicted molar refractivity (Wildman–Crippen MR) is 109 cm³/mol. The molecule has 1 saturated carbocycles. The molecule has 4 rings (SSSR count). The Kier molecular flexibility index (Phi) is 5.07.